The molecule has 4 aromatic carbocycles. The van der Waals surface area contributed by atoms with E-state index in [-0.39, 0.29) is 13.2 Å². The largest absolute Gasteiger partial charge is 0.489 e. The first-order chi connectivity index (χ1) is 23.2. The van der Waals surface area contributed by atoms with Crippen molar-refractivity contribution in [3.8, 4) is 11.5 Å². The van der Waals surface area contributed by atoms with E-state index in [1.807, 2.05) is 48.5 Å². The highest BCUT2D eigenvalue weighted by molar-refractivity contribution is 5.94. The fourth-order valence-electron chi connectivity index (χ4n) is 5.30. The Morgan fingerprint density at radius 3 is 1.35 bits per heavy atom. The van der Waals surface area contributed by atoms with Crippen LogP contribution in [0, 0.1) is 33.6 Å². The lowest BCUT2D eigenvalue weighted by molar-refractivity contribution is -0.162. The van der Waals surface area contributed by atoms with Crippen molar-refractivity contribution in [2.75, 3.05) is 13.2 Å². The minimum atomic E-state index is -0.918. The third kappa shape index (κ3) is 11.6. The molecule has 4 rings (SSSR count). The molecule has 0 bridgehead atoms. The quantitative estimate of drug-likeness (QED) is 0.0608. The number of ether oxygens (including phenoxy) is 4. The zero-order valence-corrected chi connectivity index (χ0v) is 29.2. The van der Waals surface area contributed by atoms with Crippen LogP contribution in [0.15, 0.2) is 84.9 Å². The number of hydrogen-bond acceptors (Lipinski definition) is 6. The zero-order valence-electron chi connectivity index (χ0n) is 29.2. The molecule has 0 aliphatic heterocycles. The Labute approximate surface area is 286 Å². The number of rotatable bonds is 18. The van der Waals surface area contributed by atoms with Crippen molar-refractivity contribution in [2.45, 2.75) is 86.4 Å². The van der Waals surface area contributed by atoms with Crippen molar-refractivity contribution in [3.63, 3.8) is 0 Å². The van der Waals surface area contributed by atoms with Crippen molar-refractivity contribution >= 4 is 11.9 Å². The van der Waals surface area contributed by atoms with Gasteiger partial charge >= 0.3 is 11.9 Å². The number of unbranched alkanes of at least 4 members (excludes halogenated alkanes) is 2. The van der Waals surface area contributed by atoms with E-state index in [0.29, 0.717) is 32.5 Å². The van der Waals surface area contributed by atoms with Crippen LogP contribution in [-0.2, 0) is 45.1 Å². The molecule has 0 aliphatic carbocycles. The van der Waals surface area contributed by atoms with Gasteiger partial charge in [-0.25, -0.2) is 0 Å². The number of benzene rings is 4. The molecule has 0 N–H and O–H groups in total. The van der Waals surface area contributed by atoms with Crippen molar-refractivity contribution in [3.05, 3.63) is 129 Å². The van der Waals surface area contributed by atoms with Gasteiger partial charge in [-0.2, -0.15) is 0 Å². The maximum absolute atomic E-state index is 13.0. The zero-order chi connectivity index (χ0) is 34.3. The Kier molecular flexibility index (Phi) is 14.1. The normalized spacial score (nSPS) is 11.0. The van der Waals surface area contributed by atoms with Gasteiger partial charge in [0.2, 0.25) is 0 Å². The second-order valence-electron chi connectivity index (χ2n) is 12.6. The van der Waals surface area contributed by atoms with Crippen LogP contribution in [0.25, 0.3) is 0 Å². The molecule has 0 aromatic heterocycles. The standard InChI is InChI=1S/C42H50O6/c1-6-7-8-9-40(41(43)45-24-22-34-14-18-38(19-15-34)47-28-36-12-10-30(2)32(4)26-36)42(44)46-25-23-35-16-20-39(21-17-35)48-29-37-13-11-31(3)33(5)27-37/h10-21,26-27,40H,6-9,22-25,28-29H2,1-5H3. The molecule has 48 heavy (non-hydrogen) atoms. The predicted octanol–water partition coefficient (Wildman–Crippen LogP) is 9.15. The summed E-state index contributed by atoms with van der Waals surface area (Å²) in [6, 6.07) is 28.3. The minimum absolute atomic E-state index is 0.192. The van der Waals surface area contributed by atoms with E-state index in [4.69, 9.17) is 18.9 Å². The van der Waals surface area contributed by atoms with E-state index in [2.05, 4.69) is 71.0 Å². The highest BCUT2D eigenvalue weighted by Crippen LogP contribution is 2.19. The molecule has 0 unspecified atom stereocenters. The molecule has 0 atom stereocenters. The van der Waals surface area contributed by atoms with Gasteiger partial charge in [-0.1, -0.05) is 86.8 Å². The summed E-state index contributed by atoms with van der Waals surface area (Å²) in [5.41, 5.74) is 9.33. The second kappa shape index (κ2) is 18.7. The Morgan fingerprint density at radius 1 is 0.542 bits per heavy atom. The summed E-state index contributed by atoms with van der Waals surface area (Å²) < 4.78 is 23.0. The van der Waals surface area contributed by atoms with Gasteiger partial charge in [-0.3, -0.25) is 9.59 Å². The number of esters is 2. The first-order valence-electron chi connectivity index (χ1n) is 17.1. The topological polar surface area (TPSA) is 71.1 Å². The highest BCUT2D eigenvalue weighted by atomic mass is 16.6. The molecule has 0 amide bonds. The maximum Gasteiger partial charge on any atom is 0.320 e. The van der Waals surface area contributed by atoms with Crippen LogP contribution in [0.3, 0.4) is 0 Å². The fraction of sp³-hybridized carbons (Fsp3) is 0.381. The van der Waals surface area contributed by atoms with Gasteiger partial charge in [0.1, 0.15) is 24.7 Å². The third-order valence-corrected chi connectivity index (χ3v) is 8.74. The molecular weight excluding hydrogens is 600 g/mol. The summed E-state index contributed by atoms with van der Waals surface area (Å²) in [6.07, 6.45) is 4.20. The van der Waals surface area contributed by atoms with Crippen molar-refractivity contribution in [1.29, 1.82) is 0 Å². The Hall–Kier alpha value is -4.58. The van der Waals surface area contributed by atoms with Gasteiger partial charge in [0, 0.05) is 12.8 Å². The molecule has 0 radical (unpaired) electrons. The molecule has 4 aromatic rings. The van der Waals surface area contributed by atoms with Gasteiger partial charge in [0.15, 0.2) is 5.92 Å². The number of aryl methyl sites for hydroxylation is 4. The Morgan fingerprint density at radius 2 is 0.958 bits per heavy atom. The molecule has 0 fully saturated rings. The summed E-state index contributed by atoms with van der Waals surface area (Å²) in [6.45, 7) is 11.9. The minimum Gasteiger partial charge on any atom is -0.489 e. The van der Waals surface area contributed by atoms with Crippen LogP contribution in [0.2, 0.25) is 0 Å². The fourth-order valence-corrected chi connectivity index (χ4v) is 5.30. The van der Waals surface area contributed by atoms with Crippen molar-refractivity contribution in [1.82, 2.24) is 0 Å². The van der Waals surface area contributed by atoms with Crippen molar-refractivity contribution in [2.24, 2.45) is 5.92 Å². The SMILES string of the molecule is CCCCCC(C(=O)OCCc1ccc(OCc2ccc(C)c(C)c2)cc1)C(=O)OCCc1ccc(OCc2ccc(C)c(C)c2)cc1. The van der Waals surface area contributed by atoms with E-state index in [1.165, 1.54) is 22.3 Å². The number of carbonyl (C=O) groups excluding carboxylic acids is 2. The van der Waals surface area contributed by atoms with Gasteiger partial charge in [-0.15, -0.1) is 0 Å². The molecular formula is C42H50O6. The molecule has 6 nitrogen and oxygen atoms in total. The first kappa shape index (κ1) is 36.3. The van der Waals surface area contributed by atoms with E-state index >= 15 is 0 Å². The molecule has 0 aliphatic rings. The molecule has 6 heteroatoms. The lowest BCUT2D eigenvalue weighted by Crippen LogP contribution is -2.29. The van der Waals surface area contributed by atoms with Gasteiger partial charge in [0.05, 0.1) is 13.2 Å². The Balaban J connectivity index is 1.19. The van der Waals surface area contributed by atoms with Crippen LogP contribution >= 0.6 is 0 Å². The molecule has 0 spiro atoms. The van der Waals surface area contributed by atoms with Gasteiger partial charge < -0.3 is 18.9 Å². The lowest BCUT2D eigenvalue weighted by Gasteiger charge is -2.16. The van der Waals surface area contributed by atoms with Crippen LogP contribution < -0.4 is 9.47 Å². The molecule has 0 saturated heterocycles. The van der Waals surface area contributed by atoms with E-state index in [1.54, 1.807) is 0 Å². The second-order valence-corrected chi connectivity index (χ2v) is 12.6. The molecule has 0 heterocycles. The molecule has 0 saturated carbocycles. The number of hydrogen-bond donors (Lipinski definition) is 0. The first-order valence-corrected chi connectivity index (χ1v) is 17.1. The third-order valence-electron chi connectivity index (χ3n) is 8.74. The average Bonchev–Trinajstić information content (AvgIpc) is 3.09. The van der Waals surface area contributed by atoms with Crippen LogP contribution in [0.4, 0.5) is 0 Å². The van der Waals surface area contributed by atoms with E-state index in [0.717, 1.165) is 53.0 Å². The summed E-state index contributed by atoms with van der Waals surface area (Å²) in [5.74, 6) is -0.390. The van der Waals surface area contributed by atoms with E-state index in [9.17, 15) is 9.59 Å². The van der Waals surface area contributed by atoms with Gasteiger partial charge in [-0.05, 0) is 103 Å². The Bertz CT molecular complexity index is 1490. The highest BCUT2D eigenvalue weighted by Gasteiger charge is 2.29. The van der Waals surface area contributed by atoms with Gasteiger partial charge in [0.25, 0.3) is 0 Å². The summed E-state index contributed by atoms with van der Waals surface area (Å²) in [7, 11) is 0. The van der Waals surface area contributed by atoms with E-state index < -0.39 is 17.9 Å². The van der Waals surface area contributed by atoms with Crippen LogP contribution in [0.5, 0.6) is 11.5 Å². The lowest BCUT2D eigenvalue weighted by atomic mass is 10.0. The smallest absolute Gasteiger partial charge is 0.320 e. The predicted molar refractivity (Wildman–Crippen MR) is 190 cm³/mol. The summed E-state index contributed by atoms with van der Waals surface area (Å²) in [4.78, 5) is 26.0. The maximum atomic E-state index is 13.0. The summed E-state index contributed by atoms with van der Waals surface area (Å²) in [5, 5.41) is 0. The number of carbonyl (C=O) groups is 2. The summed E-state index contributed by atoms with van der Waals surface area (Å²) >= 11 is 0. The monoisotopic (exact) mass is 650 g/mol. The van der Waals surface area contributed by atoms with Crippen LogP contribution in [-0.4, -0.2) is 25.2 Å². The van der Waals surface area contributed by atoms with Crippen LogP contribution in [0.1, 0.15) is 77.1 Å². The average molecular weight is 651 g/mol. The molecule has 254 valence electrons. The van der Waals surface area contributed by atoms with Crippen molar-refractivity contribution < 1.29 is 28.5 Å².